The number of carbonyl (C=O) groups is 1. The molecule has 0 bridgehead atoms. The third-order valence-corrected chi connectivity index (χ3v) is 7.70. The highest BCUT2D eigenvalue weighted by Crippen LogP contribution is 2.38. The first-order valence-corrected chi connectivity index (χ1v) is 14.1. The van der Waals surface area contributed by atoms with Gasteiger partial charge in [0.25, 0.3) is 5.91 Å². The average Bonchev–Trinajstić information content (AvgIpc) is 3.18. The minimum Gasteiger partial charge on any atom is -0.495 e. The molecule has 0 aromatic heterocycles. The maximum absolute atomic E-state index is 12.7. The predicted octanol–water partition coefficient (Wildman–Crippen LogP) is 7.29. The van der Waals surface area contributed by atoms with Crippen LogP contribution in [0.3, 0.4) is 0 Å². The molecule has 6 nitrogen and oxygen atoms in total. The minimum absolute atomic E-state index is 0.165. The van der Waals surface area contributed by atoms with E-state index in [1.807, 2.05) is 49.4 Å². The summed E-state index contributed by atoms with van der Waals surface area (Å²) in [6, 6.07) is 17.1. The lowest BCUT2D eigenvalue weighted by molar-refractivity contribution is -0.116. The summed E-state index contributed by atoms with van der Waals surface area (Å²) in [4.78, 5) is 13.3. The number of thioether (sulfide) groups is 1. The van der Waals surface area contributed by atoms with Gasteiger partial charge < -0.3 is 24.8 Å². The van der Waals surface area contributed by atoms with Gasteiger partial charge in [0.2, 0.25) is 0 Å². The Morgan fingerprint density at radius 1 is 1.14 bits per heavy atom. The van der Waals surface area contributed by atoms with Crippen LogP contribution in [0.2, 0.25) is 5.02 Å². The van der Waals surface area contributed by atoms with Gasteiger partial charge in [-0.1, -0.05) is 51.4 Å². The Hall–Kier alpha value is -2.08. The van der Waals surface area contributed by atoms with Crippen molar-refractivity contribution in [2.24, 2.45) is 0 Å². The molecule has 2 N–H and O–H groups in total. The molecule has 10 heteroatoms. The van der Waals surface area contributed by atoms with Gasteiger partial charge >= 0.3 is 0 Å². The molecule has 1 amide bonds. The Morgan fingerprint density at radius 2 is 1.92 bits per heavy atom. The Labute approximate surface area is 241 Å². The van der Waals surface area contributed by atoms with Crippen LogP contribution in [-0.4, -0.2) is 25.1 Å². The summed E-state index contributed by atoms with van der Waals surface area (Å²) in [7, 11) is 1.59. The van der Waals surface area contributed by atoms with Crippen LogP contribution in [-0.2, 0) is 11.4 Å². The highest BCUT2D eigenvalue weighted by atomic mass is 127. The Morgan fingerprint density at radius 3 is 2.64 bits per heavy atom. The standard InChI is InChI=1S/C26H23BrClIN2O4S/c1-3-34-22-11-16(10-19(29)24(22)35-14-15-4-6-17(27)7-5-15)12-23-25(32)31-26(36-23)30-20-13-18(28)8-9-21(20)33-2/h4-13,26,30H,3,14H2,1-2H3,(H,31,32)/b23-12-. The van der Waals surface area contributed by atoms with Crippen LogP contribution in [0.25, 0.3) is 6.08 Å². The van der Waals surface area contributed by atoms with Crippen LogP contribution >= 0.6 is 61.9 Å². The number of hydrogen-bond donors (Lipinski definition) is 2. The first kappa shape index (κ1) is 27.0. The second-order valence-corrected chi connectivity index (χ2v) is 11.3. The van der Waals surface area contributed by atoms with Crippen molar-refractivity contribution in [3.63, 3.8) is 0 Å². The molecular weight excluding hydrogens is 679 g/mol. The number of hydrogen-bond acceptors (Lipinski definition) is 6. The lowest BCUT2D eigenvalue weighted by Crippen LogP contribution is -2.31. The number of methoxy groups -OCH3 is 1. The van der Waals surface area contributed by atoms with Crippen molar-refractivity contribution in [3.05, 3.63) is 83.7 Å². The van der Waals surface area contributed by atoms with E-state index >= 15 is 0 Å². The van der Waals surface area contributed by atoms with Crippen molar-refractivity contribution in [2.45, 2.75) is 19.0 Å². The number of rotatable bonds is 9. The predicted molar refractivity (Wildman–Crippen MR) is 158 cm³/mol. The monoisotopic (exact) mass is 700 g/mol. The summed E-state index contributed by atoms with van der Waals surface area (Å²) in [5, 5.41) is 6.78. The summed E-state index contributed by atoms with van der Waals surface area (Å²) in [6.45, 7) is 2.84. The maximum atomic E-state index is 12.7. The first-order valence-electron chi connectivity index (χ1n) is 11.0. The van der Waals surface area contributed by atoms with Crippen LogP contribution in [0.15, 0.2) is 64.0 Å². The van der Waals surface area contributed by atoms with Gasteiger partial charge in [0.15, 0.2) is 17.0 Å². The molecule has 0 radical (unpaired) electrons. The van der Waals surface area contributed by atoms with Gasteiger partial charge in [0.1, 0.15) is 12.4 Å². The molecule has 3 aromatic carbocycles. The topological polar surface area (TPSA) is 68.8 Å². The van der Waals surface area contributed by atoms with Gasteiger partial charge in [0, 0.05) is 9.50 Å². The van der Waals surface area contributed by atoms with Crippen LogP contribution in [0.5, 0.6) is 17.2 Å². The average molecular weight is 702 g/mol. The molecule has 0 saturated carbocycles. The zero-order valence-electron chi connectivity index (χ0n) is 19.4. The Bertz CT molecular complexity index is 1290. The van der Waals surface area contributed by atoms with Gasteiger partial charge in [-0.2, -0.15) is 0 Å². The van der Waals surface area contributed by atoms with Crippen molar-refractivity contribution in [3.8, 4) is 17.2 Å². The lowest BCUT2D eigenvalue weighted by Gasteiger charge is -2.16. The van der Waals surface area contributed by atoms with Crippen LogP contribution < -0.4 is 24.8 Å². The molecule has 4 rings (SSSR count). The SMILES string of the molecule is CCOc1cc(/C=C2\SC(Nc3cc(Cl)ccc3OC)NC2=O)cc(I)c1OCc1ccc(Br)cc1. The zero-order chi connectivity index (χ0) is 25.7. The van der Waals surface area contributed by atoms with E-state index < -0.39 is 0 Å². The zero-order valence-corrected chi connectivity index (χ0v) is 24.8. The van der Waals surface area contributed by atoms with Crippen LogP contribution in [0, 0.1) is 3.57 Å². The second kappa shape index (κ2) is 12.4. The van der Waals surface area contributed by atoms with E-state index in [0.717, 1.165) is 19.2 Å². The van der Waals surface area contributed by atoms with Gasteiger partial charge in [-0.05, 0) is 89.2 Å². The summed E-state index contributed by atoms with van der Waals surface area (Å²) in [6.07, 6.45) is 1.85. The molecule has 3 aromatic rings. The molecule has 0 spiro atoms. The van der Waals surface area contributed by atoms with E-state index in [1.165, 1.54) is 11.8 Å². The molecule has 1 saturated heterocycles. The first-order chi connectivity index (χ1) is 17.4. The van der Waals surface area contributed by atoms with Crippen molar-refractivity contribution in [1.29, 1.82) is 0 Å². The number of ether oxygens (including phenoxy) is 3. The molecule has 1 atom stereocenters. The largest absolute Gasteiger partial charge is 0.495 e. The fraction of sp³-hybridized carbons (Fsp3) is 0.192. The van der Waals surface area contributed by atoms with E-state index in [9.17, 15) is 4.79 Å². The quantitative estimate of drug-likeness (QED) is 0.181. The van der Waals surface area contributed by atoms with Crippen molar-refractivity contribution >= 4 is 79.6 Å². The summed E-state index contributed by atoms with van der Waals surface area (Å²) >= 11 is 13.2. The maximum Gasteiger partial charge on any atom is 0.260 e. The molecule has 1 fully saturated rings. The van der Waals surface area contributed by atoms with Crippen molar-refractivity contribution in [2.75, 3.05) is 19.0 Å². The smallest absolute Gasteiger partial charge is 0.260 e. The fourth-order valence-corrected chi connectivity index (χ4v) is 5.65. The number of nitrogens with one attached hydrogen (secondary N) is 2. The molecular formula is C26H23BrClIN2O4S. The third-order valence-electron chi connectivity index (χ3n) is 5.10. The molecule has 36 heavy (non-hydrogen) atoms. The second-order valence-electron chi connectivity index (χ2n) is 7.65. The van der Waals surface area contributed by atoms with E-state index in [-0.39, 0.29) is 11.4 Å². The number of benzene rings is 3. The normalized spacial score (nSPS) is 16.1. The highest BCUT2D eigenvalue weighted by Gasteiger charge is 2.28. The minimum atomic E-state index is -0.366. The van der Waals surface area contributed by atoms with Gasteiger partial charge in [-0.3, -0.25) is 4.79 Å². The Kier molecular flexibility index (Phi) is 9.32. The molecule has 188 valence electrons. The van der Waals surface area contributed by atoms with Gasteiger partial charge in [0.05, 0.1) is 27.9 Å². The third kappa shape index (κ3) is 6.81. The highest BCUT2D eigenvalue weighted by molar-refractivity contribution is 14.1. The number of anilines is 1. The molecule has 1 aliphatic rings. The lowest BCUT2D eigenvalue weighted by atomic mass is 10.2. The molecule has 1 unspecified atom stereocenters. The van der Waals surface area contributed by atoms with E-state index in [2.05, 4.69) is 49.2 Å². The molecule has 1 aliphatic heterocycles. The van der Waals surface area contributed by atoms with E-state index in [4.69, 9.17) is 25.8 Å². The summed E-state index contributed by atoms with van der Waals surface area (Å²) in [5.74, 6) is 1.79. The van der Waals surface area contributed by atoms with E-state index in [1.54, 1.807) is 25.3 Å². The summed E-state index contributed by atoms with van der Waals surface area (Å²) < 4.78 is 19.3. The number of carbonyl (C=O) groups excluding carboxylic acids is 1. The Balaban J connectivity index is 1.52. The van der Waals surface area contributed by atoms with Crippen molar-refractivity contribution < 1.29 is 19.0 Å². The molecule has 0 aliphatic carbocycles. The van der Waals surface area contributed by atoms with Crippen LogP contribution in [0.4, 0.5) is 5.69 Å². The molecule has 1 heterocycles. The number of amides is 1. The van der Waals surface area contributed by atoms with Crippen molar-refractivity contribution in [1.82, 2.24) is 5.32 Å². The van der Waals surface area contributed by atoms with Gasteiger partial charge in [-0.15, -0.1) is 0 Å². The number of halogens is 3. The van der Waals surface area contributed by atoms with Crippen LogP contribution in [0.1, 0.15) is 18.1 Å². The van der Waals surface area contributed by atoms with Gasteiger partial charge in [-0.25, -0.2) is 0 Å². The fourth-order valence-electron chi connectivity index (χ4n) is 3.46. The van der Waals surface area contributed by atoms with E-state index in [0.29, 0.717) is 46.1 Å². The summed E-state index contributed by atoms with van der Waals surface area (Å²) in [5.41, 5.74) is 2.23.